The molecule has 0 aliphatic heterocycles. The summed E-state index contributed by atoms with van der Waals surface area (Å²) >= 11 is 1.86. The van der Waals surface area contributed by atoms with Crippen LogP contribution in [0.25, 0.3) is 153 Å². The third-order valence-corrected chi connectivity index (χ3v) is 16.2. The van der Waals surface area contributed by atoms with Gasteiger partial charge in [-0.2, -0.15) is 0 Å². The molecule has 0 spiro atoms. The van der Waals surface area contributed by atoms with Crippen molar-refractivity contribution in [1.82, 2.24) is 9.97 Å². The van der Waals surface area contributed by atoms with Gasteiger partial charge in [-0.25, -0.2) is 9.97 Å². The maximum absolute atomic E-state index is 5.46. The van der Waals surface area contributed by atoms with Crippen molar-refractivity contribution in [2.75, 3.05) is 0 Å². The van der Waals surface area contributed by atoms with Gasteiger partial charge in [-0.3, -0.25) is 0 Å². The maximum Gasteiger partial charge on any atom is 0.161 e. The molecule has 0 radical (unpaired) electrons. The first-order valence-corrected chi connectivity index (χ1v) is 25.8. The van der Waals surface area contributed by atoms with Crippen LogP contribution in [-0.2, 0) is 0 Å². The van der Waals surface area contributed by atoms with Crippen molar-refractivity contribution in [3.63, 3.8) is 0 Å². The Labute approximate surface area is 426 Å². The van der Waals surface area contributed by atoms with Crippen LogP contribution in [0.1, 0.15) is 0 Å². The molecule has 0 fully saturated rings. The van der Waals surface area contributed by atoms with Crippen molar-refractivity contribution >= 4 is 63.8 Å². The Morgan fingerprint density at radius 3 is 1.59 bits per heavy atom. The van der Waals surface area contributed by atoms with Crippen molar-refractivity contribution < 1.29 is 0 Å². The molecular weight excluding hydrogens is 901 g/mol. The second-order valence-electron chi connectivity index (χ2n) is 19.2. The summed E-state index contributed by atoms with van der Waals surface area (Å²) in [7, 11) is 0. The summed E-state index contributed by atoms with van der Waals surface area (Å²) < 4.78 is 2.49. The predicted octanol–water partition coefficient (Wildman–Crippen LogP) is 19.6. The normalized spacial score (nSPS) is 11.8. The lowest BCUT2D eigenvalue weighted by Gasteiger charge is -2.21. The van der Waals surface area contributed by atoms with Gasteiger partial charge in [0, 0.05) is 36.9 Å². The van der Waals surface area contributed by atoms with Gasteiger partial charge in [-0.1, -0.05) is 206 Å². The molecule has 11 aromatic carbocycles. The average Bonchev–Trinajstić information content (AvgIpc) is 3.87. The van der Waals surface area contributed by atoms with Gasteiger partial charge in [-0.15, -0.1) is 11.3 Å². The van der Waals surface area contributed by atoms with E-state index in [4.69, 9.17) is 9.97 Å². The Kier molecular flexibility index (Phi) is 9.48. The molecule has 0 saturated heterocycles. The van der Waals surface area contributed by atoms with Gasteiger partial charge in [0.15, 0.2) is 5.82 Å². The summed E-state index contributed by atoms with van der Waals surface area (Å²) in [6.45, 7) is 0. The van der Waals surface area contributed by atoms with E-state index in [1.807, 2.05) is 11.3 Å². The zero-order valence-electron chi connectivity index (χ0n) is 39.6. The largest absolute Gasteiger partial charge is 0.228 e. The number of thiophene rings is 1. The molecule has 2 aromatic heterocycles. The first-order valence-electron chi connectivity index (χ1n) is 24.9. The van der Waals surface area contributed by atoms with E-state index in [2.05, 4.69) is 255 Å². The van der Waals surface area contributed by atoms with E-state index < -0.39 is 0 Å². The van der Waals surface area contributed by atoms with E-state index in [1.165, 1.54) is 97.0 Å². The third kappa shape index (κ3) is 6.93. The summed E-state index contributed by atoms with van der Waals surface area (Å²) in [6, 6.07) is 93.2. The van der Waals surface area contributed by atoms with E-state index in [9.17, 15) is 0 Å². The van der Waals surface area contributed by atoms with E-state index >= 15 is 0 Å². The second kappa shape index (κ2) is 16.7. The highest BCUT2D eigenvalue weighted by Gasteiger charge is 2.24. The van der Waals surface area contributed by atoms with Crippen molar-refractivity contribution in [1.29, 1.82) is 0 Å². The minimum atomic E-state index is 0.748. The summed E-state index contributed by atoms with van der Waals surface area (Å²) in [4.78, 5) is 10.9. The molecule has 15 rings (SSSR count). The van der Waals surface area contributed by atoms with Gasteiger partial charge in [0.1, 0.15) is 0 Å². The number of aromatic nitrogens is 2. The van der Waals surface area contributed by atoms with Gasteiger partial charge < -0.3 is 0 Å². The zero-order valence-corrected chi connectivity index (χ0v) is 40.4. The van der Waals surface area contributed by atoms with Gasteiger partial charge in [0.25, 0.3) is 0 Å². The number of hydrogen-bond acceptors (Lipinski definition) is 3. The summed E-state index contributed by atoms with van der Waals surface area (Å²) in [5.74, 6) is 0.748. The molecule has 0 unspecified atom stereocenters. The lowest BCUT2D eigenvalue weighted by molar-refractivity contribution is 1.18. The molecule has 2 aliphatic rings. The molecule has 2 aliphatic carbocycles. The Morgan fingerprint density at radius 2 is 0.822 bits per heavy atom. The zero-order chi connectivity index (χ0) is 48.0. The summed E-state index contributed by atoms with van der Waals surface area (Å²) in [6.07, 6.45) is 0. The van der Waals surface area contributed by atoms with E-state index in [1.54, 1.807) is 0 Å². The molecule has 0 atom stereocenters. The Morgan fingerprint density at radius 1 is 0.260 bits per heavy atom. The van der Waals surface area contributed by atoms with E-state index in [0.717, 1.165) is 56.2 Å². The van der Waals surface area contributed by atoms with Crippen LogP contribution in [0.2, 0.25) is 0 Å². The highest BCUT2D eigenvalue weighted by molar-refractivity contribution is 7.26. The van der Waals surface area contributed by atoms with Crippen LogP contribution in [0, 0.1) is 0 Å². The molecule has 0 saturated carbocycles. The van der Waals surface area contributed by atoms with Crippen molar-refractivity contribution in [2.24, 2.45) is 0 Å². The van der Waals surface area contributed by atoms with Gasteiger partial charge in [0.2, 0.25) is 0 Å². The van der Waals surface area contributed by atoms with Gasteiger partial charge >= 0.3 is 0 Å². The smallest absolute Gasteiger partial charge is 0.161 e. The molecule has 338 valence electrons. The van der Waals surface area contributed by atoms with Crippen molar-refractivity contribution in [3.8, 4) is 101 Å². The number of fused-ring (bicyclic) bond motifs is 8. The highest BCUT2D eigenvalue weighted by atomic mass is 32.1. The first kappa shape index (κ1) is 41.5. The Hall–Kier alpha value is -9.28. The van der Waals surface area contributed by atoms with Gasteiger partial charge in [-0.05, 0) is 148 Å². The molecule has 3 heteroatoms. The lowest BCUT2D eigenvalue weighted by Crippen LogP contribution is -2.02. The average molecular weight is 943 g/mol. The monoisotopic (exact) mass is 942 g/mol. The fraction of sp³-hybridized carbons (Fsp3) is 0. The summed E-state index contributed by atoms with van der Waals surface area (Å²) in [5, 5.41) is 9.97. The fourth-order valence-electron chi connectivity index (χ4n) is 11.3. The molecule has 73 heavy (non-hydrogen) atoms. The van der Waals surface area contributed by atoms with Crippen molar-refractivity contribution in [2.45, 2.75) is 0 Å². The highest BCUT2D eigenvalue weighted by Crippen LogP contribution is 2.49. The molecule has 13 aromatic rings. The minimum Gasteiger partial charge on any atom is -0.228 e. The maximum atomic E-state index is 5.46. The van der Waals surface area contributed by atoms with Crippen LogP contribution in [0.15, 0.2) is 255 Å². The standard InChI is InChI=1S/C70H42N2S/c1-3-15-44(16-4-1)59-33-34-61(69-68(59)67-58-25-12-10-18-46(58)30-35-65(67)73-69)64-42-63(71-70(72-64)62-41-51-29-31-56(51)62)52-23-13-22-49(37-52)53-38-54(50-27-26-43-14-7-8-21-48(43)36-50)40-55(39-53)60-32-28-45-17-9-11-24-57(45)66(60)47-19-5-2-6-20-47/h1-42H. The molecular formula is C70H42N2S. The van der Waals surface area contributed by atoms with Crippen LogP contribution in [-0.4, -0.2) is 9.97 Å². The van der Waals surface area contributed by atoms with Crippen LogP contribution < -0.4 is 0 Å². The topological polar surface area (TPSA) is 25.8 Å². The quantitative estimate of drug-likeness (QED) is 0.152. The molecule has 0 bridgehead atoms. The number of benzene rings is 12. The van der Waals surface area contributed by atoms with E-state index in [-0.39, 0.29) is 0 Å². The molecule has 0 N–H and O–H groups in total. The van der Waals surface area contributed by atoms with Crippen LogP contribution in [0.4, 0.5) is 0 Å². The SMILES string of the molecule is c1ccc(-c2c(-c3cc(-c4cccc(-c5cc(-c6ccc(-c7ccccc7)c7c6sc6ccc8ccccc8c67)nc(-c6cc7ccc6-7)n5)c4)cc(-c4ccc5ccccc5c4)c3)ccc3ccccc23)cc1. The third-order valence-electron chi connectivity index (χ3n) is 15.0. The molecule has 2 nitrogen and oxygen atoms in total. The van der Waals surface area contributed by atoms with Crippen LogP contribution in [0.3, 0.4) is 0 Å². The van der Waals surface area contributed by atoms with Crippen molar-refractivity contribution in [3.05, 3.63) is 255 Å². The minimum absolute atomic E-state index is 0.748. The van der Waals surface area contributed by atoms with Crippen LogP contribution >= 0.6 is 11.3 Å². The number of rotatable bonds is 8. The van der Waals surface area contributed by atoms with Gasteiger partial charge in [0.05, 0.1) is 11.4 Å². The molecule has 2 heterocycles. The number of hydrogen-bond donors (Lipinski definition) is 0. The summed E-state index contributed by atoms with van der Waals surface area (Å²) in [5.41, 5.74) is 19.3. The predicted molar refractivity (Wildman–Crippen MR) is 310 cm³/mol. The van der Waals surface area contributed by atoms with Crippen LogP contribution in [0.5, 0.6) is 0 Å². The Bertz CT molecular complexity index is 4550. The fourth-order valence-corrected chi connectivity index (χ4v) is 12.6. The molecule has 0 amide bonds. The van der Waals surface area contributed by atoms with E-state index in [0.29, 0.717) is 0 Å². The Balaban J connectivity index is 0.932. The lowest BCUT2D eigenvalue weighted by atomic mass is 9.86. The number of nitrogens with zero attached hydrogens (tertiary/aromatic N) is 2. The first-order chi connectivity index (χ1) is 36.1. The second-order valence-corrected chi connectivity index (χ2v) is 20.3.